The fourth-order valence-electron chi connectivity index (χ4n) is 1.12. The fraction of sp³-hybridized carbons (Fsp3) is 0.900. The molecule has 0 radical (unpaired) electrons. The second-order valence-corrected chi connectivity index (χ2v) is 5.00. The first-order valence-electron chi connectivity index (χ1n) is 4.89. The van der Waals surface area contributed by atoms with Gasteiger partial charge in [0.05, 0.1) is 0 Å². The van der Waals surface area contributed by atoms with Crippen molar-refractivity contribution in [3.63, 3.8) is 0 Å². The molecule has 1 atom stereocenters. The Morgan fingerprint density at radius 3 is 2.31 bits per heavy atom. The lowest BCUT2D eigenvalue weighted by molar-refractivity contribution is -0.126. The van der Waals surface area contributed by atoms with E-state index in [-0.39, 0.29) is 17.4 Å². The van der Waals surface area contributed by atoms with E-state index >= 15 is 0 Å². The number of hydrogen-bond acceptors (Lipinski definition) is 1. The molecule has 13 heavy (non-hydrogen) atoms. The van der Waals surface area contributed by atoms with Crippen LogP contribution in [0.3, 0.4) is 0 Å². The van der Waals surface area contributed by atoms with E-state index in [4.69, 9.17) is 0 Å². The van der Waals surface area contributed by atoms with E-state index in [0.717, 1.165) is 18.2 Å². The van der Waals surface area contributed by atoms with E-state index in [1.165, 1.54) is 0 Å². The third-order valence-corrected chi connectivity index (χ3v) is 3.98. The third kappa shape index (κ3) is 2.70. The summed E-state index contributed by atoms with van der Waals surface area (Å²) in [7, 11) is 0. The van der Waals surface area contributed by atoms with Gasteiger partial charge >= 0.3 is 0 Å². The standard InChI is InChI=1S/C10H18BrNO/c1-7(2)8(3)9(13)12-10(6-11)4-5-10/h7-8H,4-6H2,1-3H3,(H,12,13). The van der Waals surface area contributed by atoms with Crippen LogP contribution in [0.1, 0.15) is 33.6 Å². The van der Waals surface area contributed by atoms with E-state index in [1.807, 2.05) is 6.92 Å². The van der Waals surface area contributed by atoms with Crippen LogP contribution in [0.15, 0.2) is 0 Å². The molecule has 1 unspecified atom stereocenters. The van der Waals surface area contributed by atoms with Gasteiger partial charge in [-0.15, -0.1) is 0 Å². The molecule has 1 aliphatic carbocycles. The van der Waals surface area contributed by atoms with Crippen LogP contribution in [-0.2, 0) is 4.79 Å². The molecular formula is C10H18BrNO. The van der Waals surface area contributed by atoms with Gasteiger partial charge in [0, 0.05) is 16.8 Å². The summed E-state index contributed by atoms with van der Waals surface area (Å²) in [5, 5.41) is 4.00. The van der Waals surface area contributed by atoms with Crippen LogP contribution in [0.4, 0.5) is 0 Å². The van der Waals surface area contributed by atoms with Crippen LogP contribution in [0.5, 0.6) is 0 Å². The first-order chi connectivity index (χ1) is 6.01. The molecule has 1 fully saturated rings. The van der Waals surface area contributed by atoms with Gasteiger partial charge in [-0.2, -0.15) is 0 Å². The molecule has 2 nitrogen and oxygen atoms in total. The van der Waals surface area contributed by atoms with Crippen LogP contribution < -0.4 is 5.32 Å². The zero-order valence-electron chi connectivity index (χ0n) is 8.56. The second-order valence-electron chi connectivity index (χ2n) is 4.44. The lowest BCUT2D eigenvalue weighted by atomic mass is 9.97. The van der Waals surface area contributed by atoms with Crippen LogP contribution in [-0.4, -0.2) is 16.8 Å². The summed E-state index contributed by atoms with van der Waals surface area (Å²) in [4.78, 5) is 11.7. The summed E-state index contributed by atoms with van der Waals surface area (Å²) in [6, 6.07) is 0. The molecule has 0 aromatic heterocycles. The highest BCUT2D eigenvalue weighted by Crippen LogP contribution is 2.37. The molecule has 0 aliphatic heterocycles. The first-order valence-corrected chi connectivity index (χ1v) is 6.01. The Kier molecular flexibility index (Phi) is 3.38. The van der Waals surface area contributed by atoms with Gasteiger partial charge in [0.1, 0.15) is 0 Å². The Morgan fingerprint density at radius 2 is 2.00 bits per heavy atom. The number of nitrogens with one attached hydrogen (secondary N) is 1. The Bertz CT molecular complexity index is 199. The van der Waals surface area contributed by atoms with Crippen molar-refractivity contribution in [2.45, 2.75) is 39.2 Å². The van der Waals surface area contributed by atoms with Gasteiger partial charge in [0.25, 0.3) is 0 Å². The second kappa shape index (κ2) is 3.99. The zero-order chi connectivity index (χ0) is 10.1. The van der Waals surface area contributed by atoms with Crippen LogP contribution >= 0.6 is 15.9 Å². The molecule has 0 aromatic rings. The monoisotopic (exact) mass is 247 g/mol. The number of alkyl halides is 1. The number of carbonyl (C=O) groups excluding carboxylic acids is 1. The summed E-state index contributed by atoms with van der Waals surface area (Å²) in [6.07, 6.45) is 2.24. The smallest absolute Gasteiger partial charge is 0.223 e. The predicted molar refractivity (Wildman–Crippen MR) is 57.9 cm³/mol. The molecule has 3 heteroatoms. The molecule has 1 amide bonds. The minimum atomic E-state index is 0.0975. The minimum absolute atomic E-state index is 0.0975. The van der Waals surface area contributed by atoms with Crippen molar-refractivity contribution in [3.8, 4) is 0 Å². The van der Waals surface area contributed by atoms with Crippen molar-refractivity contribution < 1.29 is 4.79 Å². The van der Waals surface area contributed by atoms with Crippen molar-refractivity contribution in [1.82, 2.24) is 5.32 Å². The molecule has 0 heterocycles. The normalized spacial score (nSPS) is 21.3. The van der Waals surface area contributed by atoms with E-state index < -0.39 is 0 Å². The maximum atomic E-state index is 11.7. The van der Waals surface area contributed by atoms with Gasteiger partial charge < -0.3 is 5.32 Å². The van der Waals surface area contributed by atoms with Crippen molar-refractivity contribution in [2.24, 2.45) is 11.8 Å². The first kappa shape index (κ1) is 11.0. The molecule has 1 saturated carbocycles. The highest BCUT2D eigenvalue weighted by atomic mass is 79.9. The number of halogens is 1. The molecule has 1 aliphatic rings. The Balaban J connectivity index is 2.41. The quantitative estimate of drug-likeness (QED) is 0.760. The van der Waals surface area contributed by atoms with Crippen LogP contribution in [0.25, 0.3) is 0 Å². The Hall–Kier alpha value is -0.0500. The van der Waals surface area contributed by atoms with Crippen LogP contribution in [0.2, 0.25) is 0 Å². The van der Waals surface area contributed by atoms with Crippen molar-refractivity contribution in [1.29, 1.82) is 0 Å². The number of hydrogen-bond donors (Lipinski definition) is 1. The van der Waals surface area contributed by atoms with Crippen molar-refractivity contribution in [2.75, 3.05) is 5.33 Å². The van der Waals surface area contributed by atoms with Crippen LogP contribution in [0, 0.1) is 11.8 Å². The lowest BCUT2D eigenvalue weighted by Crippen LogP contribution is -2.42. The highest BCUT2D eigenvalue weighted by Gasteiger charge is 2.43. The zero-order valence-corrected chi connectivity index (χ0v) is 10.1. The van der Waals surface area contributed by atoms with Crippen molar-refractivity contribution >= 4 is 21.8 Å². The average molecular weight is 248 g/mol. The highest BCUT2D eigenvalue weighted by molar-refractivity contribution is 9.09. The molecule has 76 valence electrons. The summed E-state index contributed by atoms with van der Waals surface area (Å²) in [5.74, 6) is 0.745. The molecule has 0 spiro atoms. The number of rotatable bonds is 4. The number of amides is 1. The summed E-state index contributed by atoms with van der Waals surface area (Å²) >= 11 is 3.43. The Labute approximate surface area is 88.6 Å². The summed E-state index contributed by atoms with van der Waals surface area (Å²) in [6.45, 7) is 6.15. The topological polar surface area (TPSA) is 29.1 Å². The predicted octanol–water partition coefficient (Wildman–Crippen LogP) is 2.32. The van der Waals surface area contributed by atoms with E-state index in [1.54, 1.807) is 0 Å². The fourth-order valence-corrected chi connectivity index (χ4v) is 1.82. The molecule has 0 saturated heterocycles. The maximum absolute atomic E-state index is 11.7. The van der Waals surface area contributed by atoms with E-state index in [2.05, 4.69) is 35.1 Å². The number of carbonyl (C=O) groups is 1. The van der Waals surface area contributed by atoms with Gasteiger partial charge in [-0.1, -0.05) is 36.7 Å². The maximum Gasteiger partial charge on any atom is 0.223 e. The van der Waals surface area contributed by atoms with Gasteiger partial charge in [-0.05, 0) is 18.8 Å². The molecule has 0 bridgehead atoms. The summed E-state index contributed by atoms with van der Waals surface area (Å²) in [5.41, 5.74) is 0.0975. The average Bonchev–Trinajstić information content (AvgIpc) is 2.84. The third-order valence-electron chi connectivity index (χ3n) is 2.91. The van der Waals surface area contributed by atoms with Gasteiger partial charge in [0.15, 0.2) is 0 Å². The largest absolute Gasteiger partial charge is 0.350 e. The molecule has 0 aromatic carbocycles. The van der Waals surface area contributed by atoms with Crippen molar-refractivity contribution in [3.05, 3.63) is 0 Å². The molecule has 1 rings (SSSR count). The molecule has 1 N–H and O–H groups in total. The van der Waals surface area contributed by atoms with Gasteiger partial charge in [0.2, 0.25) is 5.91 Å². The van der Waals surface area contributed by atoms with Gasteiger partial charge in [-0.25, -0.2) is 0 Å². The summed E-state index contributed by atoms with van der Waals surface area (Å²) < 4.78 is 0. The lowest BCUT2D eigenvalue weighted by Gasteiger charge is -2.20. The minimum Gasteiger partial charge on any atom is -0.350 e. The Morgan fingerprint density at radius 1 is 1.46 bits per heavy atom. The van der Waals surface area contributed by atoms with Gasteiger partial charge in [-0.3, -0.25) is 4.79 Å². The van der Waals surface area contributed by atoms with E-state index in [9.17, 15) is 4.79 Å². The van der Waals surface area contributed by atoms with E-state index in [0.29, 0.717) is 5.92 Å². The molecular weight excluding hydrogens is 230 g/mol. The SMILES string of the molecule is CC(C)C(C)C(=O)NC1(CBr)CC1.